The molecule has 0 heterocycles. The molecule has 1 aromatic carbocycles. The smallest absolute Gasteiger partial charge is 0.126 e. The predicted octanol–water partition coefficient (Wildman–Crippen LogP) is 3.68. The molecule has 1 unspecified atom stereocenters. The van der Waals surface area contributed by atoms with E-state index in [0.29, 0.717) is 18.0 Å². The van der Waals surface area contributed by atoms with Crippen molar-refractivity contribution < 1.29 is 8.78 Å². The van der Waals surface area contributed by atoms with Crippen molar-refractivity contribution in [3.8, 4) is 0 Å². The molecule has 18 heavy (non-hydrogen) atoms. The summed E-state index contributed by atoms with van der Waals surface area (Å²) in [6.07, 6.45) is 5.21. The maximum Gasteiger partial charge on any atom is 0.126 e. The van der Waals surface area contributed by atoms with Crippen LogP contribution >= 0.6 is 0 Å². The van der Waals surface area contributed by atoms with E-state index in [0.717, 1.165) is 25.3 Å². The van der Waals surface area contributed by atoms with Gasteiger partial charge in [0.2, 0.25) is 0 Å². The van der Waals surface area contributed by atoms with E-state index in [-0.39, 0.29) is 11.6 Å². The molecule has 100 valence electrons. The number of rotatable bonds is 7. The highest BCUT2D eigenvalue weighted by atomic mass is 19.1. The molecule has 0 radical (unpaired) electrons. The fourth-order valence-electron chi connectivity index (χ4n) is 2.51. The van der Waals surface area contributed by atoms with E-state index < -0.39 is 0 Å². The summed E-state index contributed by atoms with van der Waals surface area (Å²) in [5.74, 6) is 0.168. The van der Waals surface area contributed by atoms with Crippen molar-refractivity contribution in [2.24, 2.45) is 5.92 Å². The standard InChI is InChI=1S/C15H21F2N/c1-2-18-15(11-6-7-11)5-3-4-12-10-13(16)8-9-14(12)17/h8-11,15,18H,2-7H2,1H3. The molecule has 0 amide bonds. The van der Waals surface area contributed by atoms with Gasteiger partial charge in [0.05, 0.1) is 0 Å². The Balaban J connectivity index is 1.81. The van der Waals surface area contributed by atoms with Crippen LogP contribution in [0.25, 0.3) is 0 Å². The molecule has 1 saturated carbocycles. The third-order valence-corrected chi connectivity index (χ3v) is 3.63. The fourth-order valence-corrected chi connectivity index (χ4v) is 2.51. The lowest BCUT2D eigenvalue weighted by Gasteiger charge is -2.17. The van der Waals surface area contributed by atoms with Crippen LogP contribution < -0.4 is 5.32 Å². The Morgan fingerprint density at radius 1 is 1.33 bits per heavy atom. The van der Waals surface area contributed by atoms with Gasteiger partial charge in [-0.25, -0.2) is 8.78 Å². The van der Waals surface area contributed by atoms with Crippen molar-refractivity contribution in [1.29, 1.82) is 0 Å². The zero-order valence-corrected chi connectivity index (χ0v) is 10.9. The van der Waals surface area contributed by atoms with Gasteiger partial charge in [-0.2, -0.15) is 0 Å². The van der Waals surface area contributed by atoms with Crippen LogP contribution in [-0.2, 0) is 6.42 Å². The van der Waals surface area contributed by atoms with Crippen molar-refractivity contribution in [1.82, 2.24) is 5.32 Å². The molecule has 0 spiro atoms. The summed E-state index contributed by atoms with van der Waals surface area (Å²) < 4.78 is 26.4. The quantitative estimate of drug-likeness (QED) is 0.781. The monoisotopic (exact) mass is 253 g/mol. The van der Waals surface area contributed by atoms with E-state index in [1.165, 1.54) is 31.0 Å². The molecular formula is C15H21F2N. The van der Waals surface area contributed by atoms with Gasteiger partial charge in [0, 0.05) is 6.04 Å². The second kappa shape index (κ2) is 6.28. The van der Waals surface area contributed by atoms with Crippen molar-refractivity contribution in [2.75, 3.05) is 6.54 Å². The first kappa shape index (κ1) is 13.5. The van der Waals surface area contributed by atoms with Gasteiger partial charge in [-0.15, -0.1) is 0 Å². The molecule has 2 rings (SSSR count). The maximum absolute atomic E-state index is 13.4. The zero-order valence-electron chi connectivity index (χ0n) is 10.9. The Morgan fingerprint density at radius 3 is 2.78 bits per heavy atom. The Kier molecular flexibility index (Phi) is 4.70. The second-order valence-electron chi connectivity index (χ2n) is 5.13. The van der Waals surface area contributed by atoms with Gasteiger partial charge in [-0.1, -0.05) is 6.92 Å². The number of benzene rings is 1. The number of nitrogens with one attached hydrogen (secondary N) is 1. The highest BCUT2D eigenvalue weighted by Gasteiger charge is 2.29. The minimum absolute atomic E-state index is 0.289. The minimum Gasteiger partial charge on any atom is -0.314 e. The van der Waals surface area contributed by atoms with E-state index in [1.807, 2.05) is 0 Å². The van der Waals surface area contributed by atoms with Crippen LogP contribution in [0.2, 0.25) is 0 Å². The minimum atomic E-state index is -0.350. The molecule has 1 aliphatic carbocycles. The average molecular weight is 253 g/mol. The van der Waals surface area contributed by atoms with Crippen molar-refractivity contribution in [2.45, 2.75) is 45.1 Å². The highest BCUT2D eigenvalue weighted by Crippen LogP contribution is 2.34. The van der Waals surface area contributed by atoms with E-state index in [1.54, 1.807) is 0 Å². The van der Waals surface area contributed by atoms with E-state index in [9.17, 15) is 8.78 Å². The molecule has 0 aliphatic heterocycles. The van der Waals surface area contributed by atoms with Crippen molar-refractivity contribution in [3.05, 3.63) is 35.4 Å². The second-order valence-corrected chi connectivity index (χ2v) is 5.13. The van der Waals surface area contributed by atoms with Crippen LogP contribution in [0.15, 0.2) is 18.2 Å². The number of halogens is 2. The lowest BCUT2D eigenvalue weighted by molar-refractivity contribution is 0.432. The van der Waals surface area contributed by atoms with Gasteiger partial charge in [0.15, 0.2) is 0 Å². The van der Waals surface area contributed by atoms with Crippen LogP contribution in [0.1, 0.15) is 38.2 Å². The summed E-state index contributed by atoms with van der Waals surface area (Å²) in [5, 5.41) is 3.49. The Hall–Kier alpha value is -0.960. The topological polar surface area (TPSA) is 12.0 Å². The van der Waals surface area contributed by atoms with Crippen LogP contribution in [0.4, 0.5) is 8.78 Å². The largest absolute Gasteiger partial charge is 0.314 e. The van der Waals surface area contributed by atoms with Gasteiger partial charge in [-0.3, -0.25) is 0 Å². The van der Waals surface area contributed by atoms with Crippen LogP contribution in [0.3, 0.4) is 0 Å². The van der Waals surface area contributed by atoms with Crippen molar-refractivity contribution >= 4 is 0 Å². The normalized spacial score (nSPS) is 16.8. The third-order valence-electron chi connectivity index (χ3n) is 3.63. The SMILES string of the molecule is CCNC(CCCc1cc(F)ccc1F)C1CC1. The Bertz CT molecular complexity index is 388. The number of hydrogen-bond acceptors (Lipinski definition) is 1. The fraction of sp³-hybridized carbons (Fsp3) is 0.600. The lowest BCUT2D eigenvalue weighted by atomic mass is 10.0. The molecule has 1 nitrogen and oxygen atoms in total. The summed E-state index contributed by atoms with van der Waals surface area (Å²) in [4.78, 5) is 0. The van der Waals surface area contributed by atoms with Gasteiger partial charge in [0.25, 0.3) is 0 Å². The van der Waals surface area contributed by atoms with Gasteiger partial charge >= 0.3 is 0 Å². The summed E-state index contributed by atoms with van der Waals surface area (Å²) in [6, 6.07) is 4.26. The summed E-state index contributed by atoms with van der Waals surface area (Å²) in [6.45, 7) is 3.09. The molecule has 1 atom stereocenters. The number of hydrogen-bond donors (Lipinski definition) is 1. The molecule has 3 heteroatoms. The van der Waals surface area contributed by atoms with Crippen molar-refractivity contribution in [3.63, 3.8) is 0 Å². The summed E-state index contributed by atoms with van der Waals surface area (Å²) in [5.41, 5.74) is 0.501. The Labute approximate surface area is 108 Å². The first-order valence-electron chi connectivity index (χ1n) is 6.88. The maximum atomic E-state index is 13.4. The molecule has 1 N–H and O–H groups in total. The molecular weight excluding hydrogens is 232 g/mol. The molecule has 1 aromatic rings. The average Bonchev–Trinajstić information content (AvgIpc) is 3.16. The highest BCUT2D eigenvalue weighted by molar-refractivity contribution is 5.18. The first-order valence-corrected chi connectivity index (χ1v) is 6.88. The predicted molar refractivity (Wildman–Crippen MR) is 69.5 cm³/mol. The van der Waals surface area contributed by atoms with Crippen LogP contribution in [0.5, 0.6) is 0 Å². The third kappa shape index (κ3) is 3.77. The molecule has 0 aromatic heterocycles. The molecule has 0 bridgehead atoms. The molecule has 1 aliphatic rings. The van der Waals surface area contributed by atoms with Gasteiger partial charge < -0.3 is 5.32 Å². The molecule has 0 saturated heterocycles. The lowest BCUT2D eigenvalue weighted by Crippen LogP contribution is -2.30. The van der Waals surface area contributed by atoms with E-state index in [2.05, 4.69) is 12.2 Å². The van der Waals surface area contributed by atoms with E-state index >= 15 is 0 Å². The summed E-state index contributed by atoms with van der Waals surface area (Å²) >= 11 is 0. The van der Waals surface area contributed by atoms with Crippen LogP contribution in [0, 0.1) is 17.6 Å². The summed E-state index contributed by atoms with van der Waals surface area (Å²) in [7, 11) is 0. The van der Waals surface area contributed by atoms with Crippen LogP contribution in [-0.4, -0.2) is 12.6 Å². The first-order chi connectivity index (χ1) is 8.70. The Morgan fingerprint density at radius 2 is 2.11 bits per heavy atom. The van der Waals surface area contributed by atoms with Gasteiger partial charge in [-0.05, 0) is 68.3 Å². The zero-order chi connectivity index (χ0) is 13.0. The molecule has 1 fully saturated rings. The van der Waals surface area contributed by atoms with E-state index in [4.69, 9.17) is 0 Å². The van der Waals surface area contributed by atoms with Gasteiger partial charge in [0.1, 0.15) is 11.6 Å². The number of aryl methyl sites for hydroxylation is 1.